The highest BCUT2D eigenvalue weighted by atomic mass is 16.6. The summed E-state index contributed by atoms with van der Waals surface area (Å²) in [5.41, 5.74) is 2.77. The van der Waals surface area contributed by atoms with Crippen LogP contribution in [0.1, 0.15) is 11.1 Å². The number of carbonyl (C=O) groups excluding carboxylic acids is 1. The highest BCUT2D eigenvalue weighted by Crippen LogP contribution is 2.38. The van der Waals surface area contributed by atoms with Gasteiger partial charge in [0.15, 0.2) is 5.71 Å². The third kappa shape index (κ3) is 5.69. The molecule has 9 nitrogen and oxygen atoms in total. The summed E-state index contributed by atoms with van der Waals surface area (Å²) in [6.07, 6.45) is 3.07. The van der Waals surface area contributed by atoms with E-state index in [0.717, 1.165) is 16.7 Å². The molecule has 1 heterocycles. The van der Waals surface area contributed by atoms with Crippen LogP contribution in [0, 0.1) is 0 Å². The predicted octanol–water partition coefficient (Wildman–Crippen LogP) is 2.93. The Balaban J connectivity index is 1.80. The average Bonchev–Trinajstić information content (AvgIpc) is 2.87. The molecule has 0 saturated heterocycles. The summed E-state index contributed by atoms with van der Waals surface area (Å²) in [6.45, 7) is 0. The second-order valence-electron chi connectivity index (χ2n) is 7.16. The van der Waals surface area contributed by atoms with Crippen LogP contribution in [-0.2, 0) is 20.8 Å². The summed E-state index contributed by atoms with van der Waals surface area (Å²) in [5, 5.41) is 16.0. The molecule has 176 valence electrons. The quantitative estimate of drug-likeness (QED) is 0.350. The first-order chi connectivity index (χ1) is 16.5. The van der Waals surface area contributed by atoms with E-state index in [0.29, 0.717) is 17.1 Å². The number of carboxylic acid groups (broad SMARTS) is 1. The maximum absolute atomic E-state index is 12.8. The molecule has 0 saturated carbocycles. The van der Waals surface area contributed by atoms with E-state index < -0.39 is 17.9 Å². The molecule has 0 unspecified atom stereocenters. The second-order valence-corrected chi connectivity index (χ2v) is 7.16. The molecule has 0 aliphatic rings. The Morgan fingerprint density at radius 2 is 1.59 bits per heavy atom. The monoisotopic (exact) mass is 463 g/mol. The Bertz CT molecular complexity index is 1140. The third-order valence-electron chi connectivity index (χ3n) is 5.07. The van der Waals surface area contributed by atoms with E-state index in [1.165, 1.54) is 19.5 Å². The number of methoxy groups -OCH3 is 2. The number of amides is 1. The summed E-state index contributed by atoms with van der Waals surface area (Å²) >= 11 is 0. The Labute approximate surface area is 197 Å². The van der Waals surface area contributed by atoms with Crippen molar-refractivity contribution in [2.45, 2.75) is 12.5 Å². The number of rotatable bonds is 10. The number of nitrogens with zero attached hydrogens (tertiary/aromatic N) is 2. The van der Waals surface area contributed by atoms with Gasteiger partial charge in [-0.2, -0.15) is 0 Å². The van der Waals surface area contributed by atoms with Gasteiger partial charge in [0.05, 0.1) is 19.8 Å². The molecule has 0 aliphatic carbocycles. The van der Waals surface area contributed by atoms with Gasteiger partial charge < -0.3 is 24.7 Å². The van der Waals surface area contributed by atoms with E-state index >= 15 is 0 Å². The molecule has 2 N–H and O–H groups in total. The Hall–Kier alpha value is -4.40. The maximum atomic E-state index is 12.8. The zero-order valence-corrected chi connectivity index (χ0v) is 19.0. The van der Waals surface area contributed by atoms with Crippen molar-refractivity contribution in [2.24, 2.45) is 5.16 Å². The lowest BCUT2D eigenvalue weighted by Crippen LogP contribution is -2.45. The molecular weight excluding hydrogens is 438 g/mol. The lowest BCUT2D eigenvalue weighted by atomic mass is 9.99. The van der Waals surface area contributed by atoms with Crippen LogP contribution < -0.4 is 14.8 Å². The third-order valence-corrected chi connectivity index (χ3v) is 5.07. The minimum atomic E-state index is -1.18. The number of carbonyl (C=O) groups is 2. The van der Waals surface area contributed by atoms with E-state index in [9.17, 15) is 14.7 Å². The van der Waals surface area contributed by atoms with Crippen molar-refractivity contribution in [1.82, 2.24) is 10.3 Å². The van der Waals surface area contributed by atoms with Crippen molar-refractivity contribution in [3.63, 3.8) is 0 Å². The van der Waals surface area contributed by atoms with Crippen LogP contribution in [-0.4, -0.2) is 55.0 Å². The number of hydrogen-bond donors (Lipinski definition) is 2. The van der Waals surface area contributed by atoms with E-state index in [2.05, 4.69) is 15.5 Å². The number of ether oxygens (including phenoxy) is 2. The number of oxime groups is 1. The van der Waals surface area contributed by atoms with Gasteiger partial charge in [0, 0.05) is 24.4 Å². The number of aliphatic carboxylic acids is 1. The molecule has 3 aromatic rings. The highest BCUT2D eigenvalue weighted by Gasteiger charge is 2.24. The second kappa shape index (κ2) is 11.5. The topological polar surface area (TPSA) is 119 Å². The molecular formula is C25H25N3O6. The van der Waals surface area contributed by atoms with Gasteiger partial charge in [-0.05, 0) is 35.4 Å². The molecule has 9 heteroatoms. The van der Waals surface area contributed by atoms with Crippen LogP contribution in [0.5, 0.6) is 11.5 Å². The van der Waals surface area contributed by atoms with Crippen molar-refractivity contribution < 1.29 is 29.0 Å². The molecule has 1 atom stereocenters. The molecule has 1 aromatic heterocycles. The lowest BCUT2D eigenvalue weighted by Gasteiger charge is -2.16. The van der Waals surface area contributed by atoms with E-state index in [4.69, 9.17) is 14.3 Å². The minimum absolute atomic E-state index is 0.0465. The molecule has 0 bridgehead atoms. The first-order valence-corrected chi connectivity index (χ1v) is 10.3. The fourth-order valence-electron chi connectivity index (χ4n) is 3.43. The zero-order chi connectivity index (χ0) is 24.5. The standard InChI is InChI=1S/C25H25N3O6/c1-32-20-5-4-6-21(33-2)22(20)17-9-7-16(8-10-17)15-19(25(30)31)27-24(29)23(28-34-3)18-11-13-26-14-12-18/h4-14,19H,15H2,1-3H3,(H,27,29)(H,30,31)/t19-/m0/s1. The fourth-order valence-corrected chi connectivity index (χ4v) is 3.43. The van der Waals surface area contributed by atoms with Gasteiger partial charge in [-0.15, -0.1) is 0 Å². The normalized spacial score (nSPS) is 11.9. The van der Waals surface area contributed by atoms with Crippen LogP contribution in [0.4, 0.5) is 0 Å². The minimum Gasteiger partial charge on any atom is -0.496 e. The highest BCUT2D eigenvalue weighted by molar-refractivity contribution is 6.45. The Kier molecular flexibility index (Phi) is 8.17. The summed E-state index contributed by atoms with van der Waals surface area (Å²) in [5.74, 6) is -0.529. The molecule has 2 aromatic carbocycles. The van der Waals surface area contributed by atoms with Gasteiger partial charge in [-0.25, -0.2) is 4.79 Å². The van der Waals surface area contributed by atoms with Crippen molar-refractivity contribution in [2.75, 3.05) is 21.3 Å². The molecule has 34 heavy (non-hydrogen) atoms. The zero-order valence-electron chi connectivity index (χ0n) is 19.0. The molecule has 1 amide bonds. The molecule has 3 rings (SSSR count). The van der Waals surface area contributed by atoms with Crippen molar-refractivity contribution in [3.8, 4) is 22.6 Å². The van der Waals surface area contributed by atoms with Gasteiger partial charge in [0.1, 0.15) is 24.7 Å². The number of benzene rings is 2. The number of nitrogens with one attached hydrogen (secondary N) is 1. The van der Waals surface area contributed by atoms with E-state index in [-0.39, 0.29) is 12.1 Å². The van der Waals surface area contributed by atoms with Gasteiger partial charge in [0.25, 0.3) is 5.91 Å². The lowest BCUT2D eigenvalue weighted by molar-refractivity contribution is -0.141. The first kappa shape index (κ1) is 24.2. The Morgan fingerprint density at radius 3 is 2.12 bits per heavy atom. The Morgan fingerprint density at radius 1 is 0.971 bits per heavy atom. The van der Waals surface area contributed by atoms with Crippen LogP contribution >= 0.6 is 0 Å². The largest absolute Gasteiger partial charge is 0.496 e. The summed E-state index contributed by atoms with van der Waals surface area (Å²) in [4.78, 5) is 33.3. The molecule has 0 aliphatic heterocycles. The summed E-state index contributed by atoms with van der Waals surface area (Å²) in [6, 6.07) is 14.8. The van der Waals surface area contributed by atoms with Crippen molar-refractivity contribution in [1.29, 1.82) is 0 Å². The number of aromatic nitrogens is 1. The predicted molar refractivity (Wildman–Crippen MR) is 126 cm³/mol. The molecule has 0 radical (unpaired) electrons. The molecule has 0 fully saturated rings. The number of carboxylic acids is 1. The molecule has 0 spiro atoms. The average molecular weight is 463 g/mol. The summed E-state index contributed by atoms with van der Waals surface area (Å²) in [7, 11) is 4.47. The fraction of sp³-hybridized carbons (Fsp3) is 0.200. The SMILES string of the molecule is CON=C(C(=O)N[C@@H](Cc1ccc(-c2c(OC)cccc2OC)cc1)C(=O)O)c1ccncc1. The van der Waals surface area contributed by atoms with E-state index in [1.54, 1.807) is 38.5 Å². The smallest absolute Gasteiger partial charge is 0.326 e. The number of hydrogen-bond acceptors (Lipinski definition) is 7. The first-order valence-electron chi connectivity index (χ1n) is 10.3. The van der Waals surface area contributed by atoms with Crippen molar-refractivity contribution >= 4 is 17.6 Å². The van der Waals surface area contributed by atoms with Crippen LogP contribution in [0.15, 0.2) is 72.1 Å². The van der Waals surface area contributed by atoms with Gasteiger partial charge in [-0.1, -0.05) is 35.5 Å². The maximum Gasteiger partial charge on any atom is 0.326 e. The summed E-state index contributed by atoms with van der Waals surface area (Å²) < 4.78 is 10.9. The van der Waals surface area contributed by atoms with Gasteiger partial charge >= 0.3 is 5.97 Å². The van der Waals surface area contributed by atoms with Crippen LogP contribution in [0.3, 0.4) is 0 Å². The van der Waals surface area contributed by atoms with E-state index in [1.807, 2.05) is 30.3 Å². The van der Waals surface area contributed by atoms with Crippen LogP contribution in [0.2, 0.25) is 0 Å². The van der Waals surface area contributed by atoms with Gasteiger partial charge in [0.2, 0.25) is 0 Å². The van der Waals surface area contributed by atoms with Crippen LogP contribution in [0.25, 0.3) is 11.1 Å². The van der Waals surface area contributed by atoms with Gasteiger partial charge in [-0.3, -0.25) is 9.78 Å². The number of pyridine rings is 1. The van der Waals surface area contributed by atoms with Crippen molar-refractivity contribution in [3.05, 3.63) is 78.1 Å².